The Hall–Kier alpha value is -1.06. The predicted octanol–water partition coefficient (Wildman–Crippen LogP) is 2.23. The van der Waals surface area contributed by atoms with Crippen molar-refractivity contribution in [1.82, 2.24) is 10.2 Å². The van der Waals surface area contributed by atoms with Crippen molar-refractivity contribution in [3.05, 3.63) is 29.3 Å². The van der Waals surface area contributed by atoms with E-state index in [2.05, 4.69) is 42.4 Å². The third-order valence-electron chi connectivity index (χ3n) is 4.62. The molecule has 1 aromatic carbocycles. The Balaban J connectivity index is 1.49. The number of nitrogens with one attached hydrogen (secondary N) is 1. The summed E-state index contributed by atoms with van der Waals surface area (Å²) >= 11 is 0. The van der Waals surface area contributed by atoms with Crippen LogP contribution in [-0.2, 0) is 6.42 Å². The molecule has 110 valence electrons. The van der Waals surface area contributed by atoms with Gasteiger partial charge in [-0.1, -0.05) is 17.7 Å². The van der Waals surface area contributed by atoms with Crippen LogP contribution in [0.15, 0.2) is 18.2 Å². The number of fused-ring (bicyclic) bond motifs is 1. The lowest BCUT2D eigenvalue weighted by Gasteiger charge is -2.33. The minimum Gasteiger partial charge on any atom is -0.488 e. The largest absolute Gasteiger partial charge is 0.488 e. The SMILES string of the molecule is CNCC1CCN(CC2Cc3cc(C)ccc3O2)CC1. The molecule has 1 aromatic rings. The molecule has 0 radical (unpaired) electrons. The summed E-state index contributed by atoms with van der Waals surface area (Å²) in [6.07, 6.45) is 4.07. The summed E-state index contributed by atoms with van der Waals surface area (Å²) in [5.74, 6) is 1.96. The number of rotatable bonds is 4. The molecule has 0 saturated carbocycles. The molecule has 1 saturated heterocycles. The van der Waals surface area contributed by atoms with Crippen LogP contribution in [0.3, 0.4) is 0 Å². The minimum atomic E-state index is 0.354. The van der Waals surface area contributed by atoms with E-state index in [1.165, 1.54) is 43.6 Å². The Morgan fingerprint density at radius 1 is 1.30 bits per heavy atom. The van der Waals surface area contributed by atoms with Gasteiger partial charge in [0.05, 0.1) is 0 Å². The zero-order chi connectivity index (χ0) is 13.9. The average Bonchev–Trinajstić information content (AvgIpc) is 2.82. The van der Waals surface area contributed by atoms with Crippen LogP contribution in [0.2, 0.25) is 0 Å². The van der Waals surface area contributed by atoms with E-state index in [0.717, 1.165) is 24.6 Å². The van der Waals surface area contributed by atoms with Crippen molar-refractivity contribution in [2.75, 3.05) is 33.2 Å². The highest BCUT2D eigenvalue weighted by molar-refractivity contribution is 5.40. The molecule has 0 aromatic heterocycles. The Labute approximate surface area is 122 Å². The number of piperidine rings is 1. The molecular formula is C17H26N2O. The number of likely N-dealkylation sites (tertiary alicyclic amines) is 1. The summed E-state index contributed by atoms with van der Waals surface area (Å²) in [6, 6.07) is 6.54. The standard InChI is InChI=1S/C17H26N2O/c1-13-3-4-17-15(9-13)10-16(20-17)12-19-7-5-14(6-8-19)11-18-2/h3-4,9,14,16,18H,5-8,10-12H2,1-2H3. The van der Waals surface area contributed by atoms with E-state index in [0.29, 0.717) is 6.10 Å². The summed E-state index contributed by atoms with van der Waals surface area (Å²) in [6.45, 7) is 6.85. The number of hydrogen-bond donors (Lipinski definition) is 1. The first kappa shape index (κ1) is 13.9. The molecule has 1 fully saturated rings. The second-order valence-corrected chi connectivity index (χ2v) is 6.36. The topological polar surface area (TPSA) is 24.5 Å². The van der Waals surface area contributed by atoms with Crippen molar-refractivity contribution in [3.8, 4) is 5.75 Å². The van der Waals surface area contributed by atoms with Crippen LogP contribution in [0.4, 0.5) is 0 Å². The van der Waals surface area contributed by atoms with Gasteiger partial charge in [-0.25, -0.2) is 0 Å². The second-order valence-electron chi connectivity index (χ2n) is 6.36. The molecule has 0 bridgehead atoms. The lowest BCUT2D eigenvalue weighted by molar-refractivity contribution is 0.117. The van der Waals surface area contributed by atoms with Crippen LogP contribution in [0.1, 0.15) is 24.0 Å². The number of benzene rings is 1. The van der Waals surface area contributed by atoms with Crippen molar-refractivity contribution in [1.29, 1.82) is 0 Å². The van der Waals surface area contributed by atoms with Gasteiger partial charge in [-0.15, -0.1) is 0 Å². The summed E-state index contributed by atoms with van der Waals surface area (Å²) in [7, 11) is 2.05. The molecule has 2 aliphatic rings. The van der Waals surface area contributed by atoms with E-state index in [1.807, 2.05) is 0 Å². The third-order valence-corrected chi connectivity index (χ3v) is 4.62. The molecular weight excluding hydrogens is 248 g/mol. The minimum absolute atomic E-state index is 0.354. The summed E-state index contributed by atoms with van der Waals surface area (Å²) in [5.41, 5.74) is 2.72. The van der Waals surface area contributed by atoms with Crippen molar-refractivity contribution in [2.24, 2.45) is 5.92 Å². The first-order valence-electron chi connectivity index (χ1n) is 7.87. The molecule has 3 nitrogen and oxygen atoms in total. The fraction of sp³-hybridized carbons (Fsp3) is 0.647. The smallest absolute Gasteiger partial charge is 0.123 e. The average molecular weight is 274 g/mol. The summed E-state index contributed by atoms with van der Waals surface area (Å²) < 4.78 is 6.08. The van der Waals surface area contributed by atoms with Crippen LogP contribution in [0, 0.1) is 12.8 Å². The Morgan fingerprint density at radius 2 is 2.10 bits per heavy atom. The van der Waals surface area contributed by atoms with Gasteiger partial charge in [0.25, 0.3) is 0 Å². The van der Waals surface area contributed by atoms with Gasteiger partial charge in [-0.2, -0.15) is 0 Å². The quantitative estimate of drug-likeness (QED) is 0.911. The Bertz CT molecular complexity index is 452. The van der Waals surface area contributed by atoms with Gasteiger partial charge in [-0.05, 0) is 64.0 Å². The Kier molecular flexibility index (Phi) is 4.27. The maximum absolute atomic E-state index is 6.08. The number of aryl methyl sites for hydroxylation is 1. The number of hydrogen-bond acceptors (Lipinski definition) is 3. The lowest BCUT2D eigenvalue weighted by atomic mass is 9.96. The fourth-order valence-corrected chi connectivity index (χ4v) is 3.50. The molecule has 0 aliphatic carbocycles. The highest BCUT2D eigenvalue weighted by atomic mass is 16.5. The Morgan fingerprint density at radius 3 is 2.85 bits per heavy atom. The molecule has 3 heteroatoms. The van der Waals surface area contributed by atoms with E-state index in [4.69, 9.17) is 4.74 Å². The van der Waals surface area contributed by atoms with Crippen LogP contribution >= 0.6 is 0 Å². The molecule has 1 unspecified atom stereocenters. The van der Waals surface area contributed by atoms with Crippen molar-refractivity contribution in [2.45, 2.75) is 32.3 Å². The second kappa shape index (κ2) is 6.15. The molecule has 2 heterocycles. The zero-order valence-electron chi connectivity index (χ0n) is 12.7. The number of ether oxygens (including phenoxy) is 1. The maximum Gasteiger partial charge on any atom is 0.123 e. The molecule has 1 N–H and O–H groups in total. The van der Waals surface area contributed by atoms with Crippen molar-refractivity contribution >= 4 is 0 Å². The molecule has 2 aliphatic heterocycles. The van der Waals surface area contributed by atoms with Crippen LogP contribution in [-0.4, -0.2) is 44.2 Å². The number of nitrogens with zero attached hydrogens (tertiary/aromatic N) is 1. The van der Waals surface area contributed by atoms with Crippen LogP contribution in [0.25, 0.3) is 0 Å². The molecule has 3 rings (SSSR count). The fourth-order valence-electron chi connectivity index (χ4n) is 3.50. The summed E-state index contributed by atoms with van der Waals surface area (Å²) in [5, 5.41) is 3.30. The highest BCUT2D eigenvalue weighted by Crippen LogP contribution is 2.30. The first-order chi connectivity index (χ1) is 9.74. The monoisotopic (exact) mass is 274 g/mol. The molecule has 0 spiro atoms. The van der Waals surface area contributed by atoms with E-state index < -0.39 is 0 Å². The van der Waals surface area contributed by atoms with Gasteiger partial charge in [0, 0.05) is 13.0 Å². The highest BCUT2D eigenvalue weighted by Gasteiger charge is 2.27. The predicted molar refractivity (Wildman–Crippen MR) is 82.4 cm³/mol. The first-order valence-corrected chi connectivity index (χ1v) is 7.87. The van der Waals surface area contributed by atoms with Crippen LogP contribution < -0.4 is 10.1 Å². The maximum atomic E-state index is 6.08. The van der Waals surface area contributed by atoms with E-state index in [9.17, 15) is 0 Å². The molecule has 0 amide bonds. The van der Waals surface area contributed by atoms with Gasteiger partial charge >= 0.3 is 0 Å². The van der Waals surface area contributed by atoms with Gasteiger partial charge in [0.1, 0.15) is 11.9 Å². The van der Waals surface area contributed by atoms with Crippen molar-refractivity contribution in [3.63, 3.8) is 0 Å². The van der Waals surface area contributed by atoms with Crippen LogP contribution in [0.5, 0.6) is 5.75 Å². The zero-order valence-corrected chi connectivity index (χ0v) is 12.7. The third kappa shape index (κ3) is 3.15. The lowest BCUT2D eigenvalue weighted by Crippen LogP contribution is -2.41. The van der Waals surface area contributed by atoms with Gasteiger partial charge in [0.2, 0.25) is 0 Å². The van der Waals surface area contributed by atoms with Crippen molar-refractivity contribution < 1.29 is 4.74 Å². The van der Waals surface area contributed by atoms with Gasteiger partial charge in [-0.3, -0.25) is 4.90 Å². The van der Waals surface area contributed by atoms with Gasteiger partial charge in [0.15, 0.2) is 0 Å². The van der Waals surface area contributed by atoms with E-state index in [-0.39, 0.29) is 0 Å². The van der Waals surface area contributed by atoms with E-state index in [1.54, 1.807) is 0 Å². The summed E-state index contributed by atoms with van der Waals surface area (Å²) in [4.78, 5) is 2.58. The molecule has 20 heavy (non-hydrogen) atoms. The molecule has 1 atom stereocenters. The normalized spacial score (nSPS) is 23.6. The van der Waals surface area contributed by atoms with Gasteiger partial charge < -0.3 is 10.1 Å². The van der Waals surface area contributed by atoms with E-state index >= 15 is 0 Å².